The summed E-state index contributed by atoms with van der Waals surface area (Å²) in [5.74, 6) is -0.0191. The molecule has 0 saturated carbocycles. The molecule has 0 amide bonds. The molecule has 0 aliphatic carbocycles. The Hall–Kier alpha value is -1.75. The smallest absolute Gasteiger partial charge is 0.339 e. The van der Waals surface area contributed by atoms with E-state index < -0.39 is 5.97 Å². The van der Waals surface area contributed by atoms with Crippen LogP contribution in [-0.4, -0.2) is 29.4 Å². The van der Waals surface area contributed by atoms with Crippen molar-refractivity contribution >= 4 is 5.97 Å². The minimum absolute atomic E-state index is 0.145. The number of hydrogen-bond donors (Lipinski definition) is 2. The van der Waals surface area contributed by atoms with Gasteiger partial charge in [-0.3, -0.25) is 0 Å². The normalized spacial score (nSPS) is 16.1. The van der Waals surface area contributed by atoms with Crippen LogP contribution in [0.1, 0.15) is 27.0 Å². The zero-order valence-corrected chi connectivity index (χ0v) is 9.15. The van der Waals surface area contributed by atoms with Crippen LogP contribution in [0.5, 0.6) is 11.5 Å². The number of fused-ring (bicyclic) bond motifs is 2. The molecule has 2 aliphatic heterocycles. The van der Waals surface area contributed by atoms with Crippen molar-refractivity contribution in [3.63, 3.8) is 0 Å². The van der Waals surface area contributed by atoms with E-state index in [0.29, 0.717) is 48.7 Å². The highest BCUT2D eigenvalue weighted by atomic mass is 16.5. The van der Waals surface area contributed by atoms with Crippen molar-refractivity contribution in [2.75, 3.05) is 13.2 Å². The first kappa shape index (κ1) is 10.4. The maximum absolute atomic E-state index is 11.3. The summed E-state index contributed by atoms with van der Waals surface area (Å²) < 4.78 is 10.9. The van der Waals surface area contributed by atoms with Crippen LogP contribution in [0.4, 0.5) is 0 Å². The lowest BCUT2D eigenvalue weighted by atomic mass is 9.94. The minimum Gasteiger partial charge on any atom is -0.493 e. The summed E-state index contributed by atoms with van der Waals surface area (Å²) in [7, 11) is 0. The number of aliphatic hydroxyl groups excluding tert-OH is 1. The van der Waals surface area contributed by atoms with Gasteiger partial charge < -0.3 is 19.7 Å². The van der Waals surface area contributed by atoms with Crippen LogP contribution in [0.15, 0.2) is 0 Å². The van der Waals surface area contributed by atoms with E-state index in [9.17, 15) is 15.0 Å². The van der Waals surface area contributed by atoms with Gasteiger partial charge >= 0.3 is 5.97 Å². The van der Waals surface area contributed by atoms with Gasteiger partial charge in [0.25, 0.3) is 0 Å². The first-order chi connectivity index (χ1) is 8.24. The van der Waals surface area contributed by atoms with Gasteiger partial charge in [0, 0.05) is 29.5 Å². The molecular weight excluding hydrogens is 224 g/mol. The Kier molecular flexibility index (Phi) is 2.22. The van der Waals surface area contributed by atoms with Gasteiger partial charge in [0.1, 0.15) is 17.1 Å². The zero-order chi connectivity index (χ0) is 12.0. The van der Waals surface area contributed by atoms with E-state index in [0.717, 1.165) is 5.56 Å². The fourth-order valence-corrected chi connectivity index (χ4v) is 2.60. The molecule has 2 N–H and O–H groups in total. The fourth-order valence-electron chi connectivity index (χ4n) is 2.60. The number of aromatic carboxylic acids is 1. The Morgan fingerprint density at radius 2 is 1.76 bits per heavy atom. The van der Waals surface area contributed by atoms with Gasteiger partial charge in [0.15, 0.2) is 0 Å². The lowest BCUT2D eigenvalue weighted by Crippen LogP contribution is -2.06. The summed E-state index contributed by atoms with van der Waals surface area (Å²) in [6.07, 6.45) is 1.18. The third kappa shape index (κ3) is 1.32. The largest absolute Gasteiger partial charge is 0.493 e. The summed E-state index contributed by atoms with van der Waals surface area (Å²) in [5.41, 5.74) is 2.34. The third-order valence-electron chi connectivity index (χ3n) is 3.28. The van der Waals surface area contributed by atoms with Gasteiger partial charge in [-0.1, -0.05) is 0 Å². The molecule has 90 valence electrons. The van der Waals surface area contributed by atoms with Crippen molar-refractivity contribution in [2.24, 2.45) is 0 Å². The molecule has 0 aromatic heterocycles. The highest BCUT2D eigenvalue weighted by Gasteiger charge is 2.33. The number of carboxylic acid groups (broad SMARTS) is 1. The lowest BCUT2D eigenvalue weighted by Gasteiger charge is -2.13. The molecule has 1 aromatic carbocycles. The van der Waals surface area contributed by atoms with Crippen molar-refractivity contribution < 1.29 is 24.5 Å². The molecule has 0 atom stereocenters. The molecule has 0 spiro atoms. The third-order valence-corrected chi connectivity index (χ3v) is 3.28. The SMILES string of the molecule is O=C(O)c1c2c(c(CO)c3c1OCC3)OCC2. The van der Waals surface area contributed by atoms with E-state index >= 15 is 0 Å². The van der Waals surface area contributed by atoms with Crippen LogP contribution in [0.3, 0.4) is 0 Å². The van der Waals surface area contributed by atoms with Gasteiger partial charge in [-0.25, -0.2) is 4.79 Å². The predicted octanol–water partition coefficient (Wildman–Crippen LogP) is 0.747. The second-order valence-electron chi connectivity index (χ2n) is 4.13. The van der Waals surface area contributed by atoms with Crippen LogP contribution < -0.4 is 9.47 Å². The first-order valence-electron chi connectivity index (χ1n) is 5.54. The first-order valence-corrected chi connectivity index (χ1v) is 5.54. The summed E-state index contributed by atoms with van der Waals surface area (Å²) in [5, 5.41) is 18.7. The summed E-state index contributed by atoms with van der Waals surface area (Å²) in [6.45, 7) is 0.783. The summed E-state index contributed by atoms with van der Waals surface area (Å²) >= 11 is 0. The van der Waals surface area contributed by atoms with Crippen LogP contribution in [0.2, 0.25) is 0 Å². The van der Waals surface area contributed by atoms with Crippen molar-refractivity contribution in [2.45, 2.75) is 19.4 Å². The van der Waals surface area contributed by atoms with Gasteiger partial charge in [0.2, 0.25) is 0 Å². The molecule has 0 radical (unpaired) electrons. The molecule has 17 heavy (non-hydrogen) atoms. The Balaban J connectivity index is 2.34. The molecular formula is C12H12O5. The van der Waals surface area contributed by atoms with E-state index in [-0.39, 0.29) is 12.2 Å². The Morgan fingerprint density at radius 3 is 2.41 bits per heavy atom. The van der Waals surface area contributed by atoms with E-state index in [4.69, 9.17) is 9.47 Å². The highest BCUT2D eigenvalue weighted by Crippen LogP contribution is 2.44. The van der Waals surface area contributed by atoms with E-state index in [1.54, 1.807) is 0 Å². The van der Waals surface area contributed by atoms with Crippen molar-refractivity contribution in [1.82, 2.24) is 0 Å². The van der Waals surface area contributed by atoms with Crippen LogP contribution in [-0.2, 0) is 19.4 Å². The standard InChI is InChI=1S/C12H12O5/c13-5-8-6-1-3-17-11(6)9(12(14)15)7-2-4-16-10(7)8/h13H,1-5H2,(H,14,15). The Labute approximate surface area is 97.6 Å². The van der Waals surface area contributed by atoms with Crippen LogP contribution in [0.25, 0.3) is 0 Å². The van der Waals surface area contributed by atoms with Gasteiger partial charge in [-0.05, 0) is 0 Å². The lowest BCUT2D eigenvalue weighted by molar-refractivity contribution is 0.0692. The molecule has 2 heterocycles. The van der Waals surface area contributed by atoms with Crippen molar-refractivity contribution in [3.05, 3.63) is 22.3 Å². The van der Waals surface area contributed by atoms with Crippen LogP contribution >= 0.6 is 0 Å². The number of carbonyl (C=O) groups is 1. The number of hydrogen-bond acceptors (Lipinski definition) is 4. The quantitative estimate of drug-likeness (QED) is 0.792. The number of aliphatic hydroxyl groups is 1. The molecule has 0 bridgehead atoms. The average Bonchev–Trinajstić information content (AvgIpc) is 2.92. The average molecular weight is 236 g/mol. The van der Waals surface area contributed by atoms with Gasteiger partial charge in [-0.2, -0.15) is 0 Å². The summed E-state index contributed by atoms with van der Waals surface area (Å²) in [6, 6.07) is 0. The molecule has 5 nitrogen and oxygen atoms in total. The Morgan fingerprint density at radius 1 is 1.12 bits per heavy atom. The Bertz CT molecular complexity index is 471. The van der Waals surface area contributed by atoms with Crippen molar-refractivity contribution in [1.29, 1.82) is 0 Å². The number of carboxylic acids is 1. The maximum atomic E-state index is 11.3. The van der Waals surface area contributed by atoms with Gasteiger partial charge in [-0.15, -0.1) is 0 Å². The molecule has 0 unspecified atom stereocenters. The number of rotatable bonds is 2. The van der Waals surface area contributed by atoms with E-state index in [1.165, 1.54) is 0 Å². The number of ether oxygens (including phenoxy) is 2. The highest BCUT2D eigenvalue weighted by molar-refractivity contribution is 5.95. The summed E-state index contributed by atoms with van der Waals surface area (Å²) in [4.78, 5) is 11.3. The van der Waals surface area contributed by atoms with Crippen LogP contribution in [0, 0.1) is 0 Å². The van der Waals surface area contributed by atoms with E-state index in [2.05, 4.69) is 0 Å². The minimum atomic E-state index is -0.991. The fraction of sp³-hybridized carbons (Fsp3) is 0.417. The molecule has 2 aliphatic rings. The van der Waals surface area contributed by atoms with Gasteiger partial charge in [0.05, 0.1) is 19.8 Å². The molecule has 0 fully saturated rings. The second kappa shape index (κ2) is 3.63. The topological polar surface area (TPSA) is 76.0 Å². The number of benzene rings is 1. The van der Waals surface area contributed by atoms with Crippen molar-refractivity contribution in [3.8, 4) is 11.5 Å². The molecule has 1 aromatic rings. The predicted molar refractivity (Wildman–Crippen MR) is 57.7 cm³/mol. The monoisotopic (exact) mass is 236 g/mol. The maximum Gasteiger partial charge on any atom is 0.339 e. The molecule has 5 heteroatoms. The molecule has 3 rings (SSSR count). The van der Waals surface area contributed by atoms with E-state index in [1.807, 2.05) is 0 Å². The zero-order valence-electron chi connectivity index (χ0n) is 9.15. The molecule has 0 saturated heterocycles. The second-order valence-corrected chi connectivity index (χ2v) is 4.13.